The number of aromatic nitrogens is 3. The summed E-state index contributed by atoms with van der Waals surface area (Å²) in [5.41, 5.74) is 2.79. The van der Waals surface area contributed by atoms with Crippen molar-refractivity contribution in [3.8, 4) is 0 Å². The molecule has 0 spiro atoms. The Morgan fingerprint density at radius 2 is 1.73 bits per heavy atom. The molecule has 1 aromatic carbocycles. The minimum Gasteiger partial charge on any atom is -0.360 e. The molecule has 2 N–H and O–H groups in total. The first-order valence-corrected chi connectivity index (χ1v) is 8.02. The van der Waals surface area contributed by atoms with Crippen LogP contribution in [0, 0.1) is 24.0 Å². The smallest absolute Gasteiger partial charge is 0.353 e. The maximum absolute atomic E-state index is 11.6. The topological polar surface area (TPSA) is 106 Å². The number of benzene rings is 1. The van der Waals surface area contributed by atoms with Gasteiger partial charge in [0.1, 0.15) is 12.1 Å². The third kappa shape index (κ3) is 3.92. The van der Waals surface area contributed by atoms with Gasteiger partial charge in [0.15, 0.2) is 0 Å². The molecule has 0 fully saturated rings. The summed E-state index contributed by atoms with van der Waals surface area (Å²) in [7, 11) is 0. The van der Waals surface area contributed by atoms with Crippen LogP contribution in [0.2, 0.25) is 0 Å². The van der Waals surface area contributed by atoms with Crippen LogP contribution in [0.4, 0.5) is 23.1 Å². The van der Waals surface area contributed by atoms with Crippen LogP contribution in [0.25, 0.3) is 0 Å². The number of anilines is 3. The Hall–Kier alpha value is -3.55. The first-order valence-electron chi connectivity index (χ1n) is 8.02. The number of pyridine rings is 1. The molecular weight excluding hydrogens is 332 g/mol. The molecule has 26 heavy (non-hydrogen) atoms. The second-order valence-corrected chi connectivity index (χ2v) is 5.81. The molecule has 8 nitrogen and oxygen atoms in total. The standard InChI is InChI=1S/C18H18N6O2/c1-12-5-7-14(8-6-12)10-20-17-15(24(25)26)18(22-11-21-17)23-16-13(2)4-3-9-19-16/h3-9,11H,10H2,1-2H3,(H2,19,20,21,22,23). The summed E-state index contributed by atoms with van der Waals surface area (Å²) in [6.07, 6.45) is 2.89. The molecule has 0 bridgehead atoms. The van der Waals surface area contributed by atoms with Crippen molar-refractivity contribution in [2.45, 2.75) is 20.4 Å². The van der Waals surface area contributed by atoms with Crippen LogP contribution in [-0.4, -0.2) is 19.9 Å². The SMILES string of the molecule is Cc1ccc(CNc2ncnc(Nc3ncccc3C)c2[N+](=O)[O-])cc1. The summed E-state index contributed by atoms with van der Waals surface area (Å²) in [5, 5.41) is 17.5. The Balaban J connectivity index is 1.87. The fourth-order valence-corrected chi connectivity index (χ4v) is 2.39. The Kier molecular flexibility index (Phi) is 5.02. The van der Waals surface area contributed by atoms with Gasteiger partial charge in [-0.25, -0.2) is 15.0 Å². The zero-order valence-electron chi connectivity index (χ0n) is 14.4. The highest BCUT2D eigenvalue weighted by Gasteiger charge is 2.23. The fraction of sp³-hybridized carbons (Fsp3) is 0.167. The van der Waals surface area contributed by atoms with Crippen molar-refractivity contribution in [1.29, 1.82) is 0 Å². The van der Waals surface area contributed by atoms with Crippen molar-refractivity contribution in [3.63, 3.8) is 0 Å². The van der Waals surface area contributed by atoms with E-state index in [2.05, 4.69) is 25.6 Å². The summed E-state index contributed by atoms with van der Waals surface area (Å²) < 4.78 is 0. The van der Waals surface area contributed by atoms with Gasteiger partial charge >= 0.3 is 5.69 Å². The number of rotatable bonds is 6. The molecule has 2 aromatic heterocycles. The number of nitrogens with zero attached hydrogens (tertiary/aromatic N) is 4. The average Bonchev–Trinajstić information content (AvgIpc) is 2.63. The third-order valence-electron chi connectivity index (χ3n) is 3.83. The monoisotopic (exact) mass is 350 g/mol. The van der Waals surface area contributed by atoms with Crippen molar-refractivity contribution in [3.05, 3.63) is 75.7 Å². The van der Waals surface area contributed by atoms with Crippen LogP contribution in [0.1, 0.15) is 16.7 Å². The highest BCUT2D eigenvalue weighted by molar-refractivity contribution is 5.73. The lowest BCUT2D eigenvalue weighted by atomic mass is 10.1. The molecule has 0 amide bonds. The number of aryl methyl sites for hydroxylation is 2. The Morgan fingerprint density at radius 1 is 1.00 bits per heavy atom. The highest BCUT2D eigenvalue weighted by Crippen LogP contribution is 2.31. The Bertz CT molecular complexity index is 927. The van der Waals surface area contributed by atoms with Gasteiger partial charge in [0.2, 0.25) is 11.6 Å². The van der Waals surface area contributed by atoms with E-state index in [0.29, 0.717) is 12.4 Å². The van der Waals surface area contributed by atoms with Gasteiger partial charge in [0.25, 0.3) is 0 Å². The van der Waals surface area contributed by atoms with E-state index in [1.807, 2.05) is 44.2 Å². The van der Waals surface area contributed by atoms with E-state index in [4.69, 9.17) is 0 Å². The molecule has 0 radical (unpaired) electrons. The third-order valence-corrected chi connectivity index (χ3v) is 3.83. The molecule has 3 aromatic rings. The van der Waals surface area contributed by atoms with Gasteiger partial charge in [-0.3, -0.25) is 10.1 Å². The van der Waals surface area contributed by atoms with E-state index >= 15 is 0 Å². The van der Waals surface area contributed by atoms with Crippen molar-refractivity contribution in [2.75, 3.05) is 10.6 Å². The summed E-state index contributed by atoms with van der Waals surface area (Å²) in [5.74, 6) is 0.763. The molecule has 0 unspecified atom stereocenters. The van der Waals surface area contributed by atoms with E-state index in [1.54, 1.807) is 12.3 Å². The fourth-order valence-electron chi connectivity index (χ4n) is 2.39. The Labute approximate surface area is 150 Å². The number of hydrogen-bond donors (Lipinski definition) is 2. The van der Waals surface area contributed by atoms with Crippen LogP contribution in [0.5, 0.6) is 0 Å². The van der Waals surface area contributed by atoms with Crippen LogP contribution in [0.15, 0.2) is 48.9 Å². The van der Waals surface area contributed by atoms with Gasteiger partial charge in [-0.1, -0.05) is 35.9 Å². The average molecular weight is 350 g/mol. The minimum atomic E-state index is -0.502. The highest BCUT2D eigenvalue weighted by atomic mass is 16.6. The van der Waals surface area contributed by atoms with Crippen molar-refractivity contribution in [1.82, 2.24) is 15.0 Å². The predicted molar refractivity (Wildman–Crippen MR) is 99.4 cm³/mol. The van der Waals surface area contributed by atoms with E-state index in [-0.39, 0.29) is 17.3 Å². The zero-order chi connectivity index (χ0) is 18.5. The Morgan fingerprint density at radius 3 is 2.42 bits per heavy atom. The maximum Gasteiger partial charge on any atom is 0.353 e. The summed E-state index contributed by atoms with van der Waals surface area (Å²) in [6, 6.07) is 11.6. The van der Waals surface area contributed by atoms with Crippen molar-refractivity contribution < 1.29 is 4.92 Å². The van der Waals surface area contributed by atoms with Crippen LogP contribution in [-0.2, 0) is 6.54 Å². The van der Waals surface area contributed by atoms with Crippen molar-refractivity contribution in [2.24, 2.45) is 0 Å². The first kappa shape index (κ1) is 17.3. The molecule has 0 aliphatic carbocycles. The molecule has 3 rings (SSSR count). The second kappa shape index (κ2) is 7.56. The maximum atomic E-state index is 11.6. The number of nitro groups is 1. The lowest BCUT2D eigenvalue weighted by molar-refractivity contribution is -0.383. The van der Waals surface area contributed by atoms with Crippen LogP contribution in [0.3, 0.4) is 0 Å². The quantitative estimate of drug-likeness (QED) is 0.515. The van der Waals surface area contributed by atoms with E-state index in [9.17, 15) is 10.1 Å². The lowest BCUT2D eigenvalue weighted by Crippen LogP contribution is -2.09. The minimum absolute atomic E-state index is 0.0956. The van der Waals surface area contributed by atoms with E-state index in [1.165, 1.54) is 6.33 Å². The molecule has 8 heteroatoms. The summed E-state index contributed by atoms with van der Waals surface area (Å²) in [4.78, 5) is 23.3. The van der Waals surface area contributed by atoms with Crippen molar-refractivity contribution >= 4 is 23.1 Å². The van der Waals surface area contributed by atoms with Gasteiger partial charge in [0, 0.05) is 12.7 Å². The van der Waals surface area contributed by atoms with Gasteiger partial charge in [0.05, 0.1) is 4.92 Å². The predicted octanol–water partition coefficient (Wildman–Crippen LogP) is 3.75. The molecular formula is C18H18N6O2. The largest absolute Gasteiger partial charge is 0.360 e. The molecule has 0 aliphatic rings. The summed E-state index contributed by atoms with van der Waals surface area (Å²) >= 11 is 0. The van der Waals surface area contributed by atoms with Gasteiger partial charge < -0.3 is 10.6 Å². The second-order valence-electron chi connectivity index (χ2n) is 5.81. The molecule has 0 saturated heterocycles. The van der Waals surface area contributed by atoms with Gasteiger partial charge in [-0.2, -0.15) is 0 Å². The summed E-state index contributed by atoms with van der Waals surface area (Å²) in [6.45, 7) is 4.28. The van der Waals surface area contributed by atoms with Gasteiger partial charge in [-0.15, -0.1) is 0 Å². The van der Waals surface area contributed by atoms with Crippen LogP contribution >= 0.6 is 0 Å². The number of nitrogens with one attached hydrogen (secondary N) is 2. The molecule has 0 atom stereocenters. The van der Waals surface area contributed by atoms with Gasteiger partial charge in [-0.05, 0) is 31.0 Å². The molecule has 2 heterocycles. The number of hydrogen-bond acceptors (Lipinski definition) is 7. The van der Waals surface area contributed by atoms with E-state index in [0.717, 1.165) is 16.7 Å². The van der Waals surface area contributed by atoms with E-state index < -0.39 is 4.92 Å². The normalized spacial score (nSPS) is 10.4. The molecule has 132 valence electrons. The molecule has 0 aliphatic heterocycles. The lowest BCUT2D eigenvalue weighted by Gasteiger charge is -2.11. The van der Waals surface area contributed by atoms with Crippen LogP contribution < -0.4 is 10.6 Å². The zero-order valence-corrected chi connectivity index (χ0v) is 14.4. The first-order chi connectivity index (χ1) is 12.5. The molecule has 0 saturated carbocycles.